The standard InChI is InChI=1S/2C15H15N3S2.Cu/c2*1-12(14-9-5-6-10-16-14)17-18-15(19)20-11-13-7-3-2-4-8-13;/h2*2-10H,11H2,1H3,(H,16,18,19);. The molecule has 11 heteroatoms. The third kappa shape index (κ3) is 14.0. The maximum atomic E-state index is 4.33. The van der Waals surface area contributed by atoms with Crippen LogP contribution >= 0.6 is 23.5 Å². The molecule has 215 valence electrons. The van der Waals surface area contributed by atoms with Crippen LogP contribution in [0.5, 0.6) is 0 Å². The zero-order chi connectivity index (χ0) is 28.4. The molecule has 0 amide bonds. The summed E-state index contributed by atoms with van der Waals surface area (Å²) in [6, 6.07) is 31.8. The number of benzene rings is 2. The summed E-state index contributed by atoms with van der Waals surface area (Å²) in [4.78, 5) is 8.44. The quantitative estimate of drug-likeness (QED) is 0.0509. The summed E-state index contributed by atoms with van der Waals surface area (Å²) in [5.41, 5.74) is 13.9. The molecule has 0 aliphatic rings. The fourth-order valence-electron chi connectivity index (χ4n) is 2.99. The Labute approximate surface area is 271 Å². The van der Waals surface area contributed by atoms with Crippen molar-refractivity contribution in [3.05, 3.63) is 143 Å². The molecule has 0 N–H and O–H groups in total. The van der Waals surface area contributed by atoms with E-state index in [2.05, 4.69) is 79.7 Å². The summed E-state index contributed by atoms with van der Waals surface area (Å²) >= 11 is 11.8. The van der Waals surface area contributed by atoms with Gasteiger partial charge in [0.1, 0.15) is 0 Å². The summed E-state index contributed by atoms with van der Waals surface area (Å²) in [7, 11) is 0. The SMILES string of the molecule is CC(=N[N-]C(=[SH+])SCc1ccccc1)c1ccccn1.CC(=N[N-]C(=[SH+])SCc1ccccc1)c1ccccn1.[Cu]. The molecule has 1 radical (unpaired) electrons. The smallest absolute Gasteiger partial charge is 0.175 e. The Morgan fingerprint density at radius 2 is 0.976 bits per heavy atom. The third-order valence-corrected chi connectivity index (χ3v) is 7.65. The van der Waals surface area contributed by atoms with Gasteiger partial charge in [-0.25, -0.2) is 0 Å². The van der Waals surface area contributed by atoms with E-state index in [-0.39, 0.29) is 17.1 Å². The summed E-state index contributed by atoms with van der Waals surface area (Å²) in [6.07, 6.45) is 3.48. The summed E-state index contributed by atoms with van der Waals surface area (Å²) in [5.74, 6) is 1.67. The summed E-state index contributed by atoms with van der Waals surface area (Å²) in [6.45, 7) is 3.77. The molecule has 2 heterocycles. The molecule has 4 rings (SSSR count). The summed E-state index contributed by atoms with van der Waals surface area (Å²) in [5, 5.41) is 8.30. The molecule has 0 aliphatic carbocycles. The van der Waals surface area contributed by atoms with Crippen LogP contribution in [0, 0.1) is 0 Å². The Morgan fingerprint density at radius 1 is 0.610 bits per heavy atom. The maximum Gasteiger partial charge on any atom is 0.175 e. The first kappa shape index (κ1) is 34.3. The Hall–Kier alpha value is -2.92. The van der Waals surface area contributed by atoms with Crippen LogP contribution in [0.15, 0.2) is 120 Å². The first-order valence-electron chi connectivity index (χ1n) is 12.3. The topological polar surface area (TPSA) is 78.7 Å². The van der Waals surface area contributed by atoms with Gasteiger partial charge >= 0.3 is 0 Å². The van der Waals surface area contributed by atoms with Crippen molar-refractivity contribution in [1.82, 2.24) is 9.97 Å². The number of thiol groups is 2. The van der Waals surface area contributed by atoms with Crippen molar-refractivity contribution < 1.29 is 17.1 Å². The monoisotopic (exact) mass is 665 g/mol. The molecule has 2 aromatic carbocycles. The molecule has 0 unspecified atom stereocenters. The number of hydrogen-bond donors (Lipinski definition) is 0. The average Bonchev–Trinajstić information content (AvgIpc) is 3.02. The average molecular weight is 666 g/mol. The van der Waals surface area contributed by atoms with Gasteiger partial charge in [-0.05, 0) is 49.2 Å². The van der Waals surface area contributed by atoms with Crippen molar-refractivity contribution in [2.24, 2.45) is 10.2 Å². The predicted octanol–water partition coefficient (Wildman–Crippen LogP) is 6.96. The van der Waals surface area contributed by atoms with E-state index in [4.69, 9.17) is 0 Å². The molecule has 0 saturated heterocycles. The Morgan fingerprint density at radius 3 is 1.32 bits per heavy atom. The van der Waals surface area contributed by atoms with Gasteiger partial charge in [-0.3, -0.25) is 9.97 Å². The third-order valence-electron chi connectivity index (χ3n) is 5.06. The molecule has 2 aromatic heterocycles. The molecular weight excluding hydrogens is 636 g/mol. The van der Waals surface area contributed by atoms with E-state index >= 15 is 0 Å². The van der Waals surface area contributed by atoms with Gasteiger partial charge in [-0.1, -0.05) is 96.3 Å². The van der Waals surface area contributed by atoms with E-state index in [0.29, 0.717) is 8.64 Å². The Kier molecular flexibility index (Phi) is 16.8. The van der Waals surface area contributed by atoms with Crippen LogP contribution < -0.4 is 0 Å². The van der Waals surface area contributed by atoms with Gasteiger partial charge in [-0.2, -0.15) is 0 Å². The van der Waals surface area contributed by atoms with Crippen molar-refractivity contribution in [3.8, 4) is 0 Å². The van der Waals surface area contributed by atoms with E-state index < -0.39 is 0 Å². The number of pyridine rings is 2. The van der Waals surface area contributed by atoms with Crippen molar-refractivity contribution in [2.45, 2.75) is 25.4 Å². The minimum atomic E-state index is 0. The van der Waals surface area contributed by atoms with Crippen molar-refractivity contribution >= 4 is 68.0 Å². The second-order valence-electron chi connectivity index (χ2n) is 8.11. The molecule has 0 spiro atoms. The molecule has 41 heavy (non-hydrogen) atoms. The van der Waals surface area contributed by atoms with Gasteiger partial charge in [0.25, 0.3) is 0 Å². The predicted molar refractivity (Wildman–Crippen MR) is 183 cm³/mol. The summed E-state index contributed by atoms with van der Waals surface area (Å²) < 4.78 is 1.29. The zero-order valence-electron chi connectivity index (χ0n) is 22.5. The van der Waals surface area contributed by atoms with Crippen LogP contribution in [0.2, 0.25) is 0 Å². The molecule has 0 bridgehead atoms. The Balaban J connectivity index is 0.000000280. The van der Waals surface area contributed by atoms with Crippen LogP contribution in [0.25, 0.3) is 10.9 Å². The first-order valence-corrected chi connectivity index (χ1v) is 15.2. The number of nitrogens with zero attached hydrogens (tertiary/aromatic N) is 6. The van der Waals surface area contributed by atoms with Gasteiger partial charge < -0.3 is 21.1 Å². The van der Waals surface area contributed by atoms with Crippen LogP contribution in [-0.2, 0) is 53.0 Å². The van der Waals surface area contributed by atoms with Gasteiger partial charge in [0.2, 0.25) is 0 Å². The van der Waals surface area contributed by atoms with Crippen molar-refractivity contribution in [2.75, 3.05) is 0 Å². The number of aromatic nitrogens is 2. The minimum absolute atomic E-state index is 0. The van der Waals surface area contributed by atoms with Crippen LogP contribution in [0.1, 0.15) is 36.4 Å². The van der Waals surface area contributed by atoms with Gasteiger partial charge in [0.15, 0.2) is 33.1 Å². The van der Waals surface area contributed by atoms with Crippen molar-refractivity contribution in [3.63, 3.8) is 0 Å². The largest absolute Gasteiger partial charge is 0.519 e. The molecule has 0 saturated carbocycles. The van der Waals surface area contributed by atoms with E-state index in [1.165, 1.54) is 11.1 Å². The van der Waals surface area contributed by atoms with Gasteiger partial charge in [0.05, 0.1) is 11.4 Å². The fourth-order valence-corrected chi connectivity index (χ4v) is 4.64. The maximum absolute atomic E-state index is 4.33. The zero-order valence-corrected chi connectivity index (χ0v) is 26.9. The second kappa shape index (κ2) is 20.0. The normalized spacial score (nSPS) is 10.9. The molecule has 4 aromatic rings. The van der Waals surface area contributed by atoms with Crippen LogP contribution in [0.4, 0.5) is 0 Å². The Bertz CT molecular complexity index is 1280. The molecule has 0 aliphatic heterocycles. The molecule has 0 atom stereocenters. The van der Waals surface area contributed by atoms with E-state index in [9.17, 15) is 0 Å². The second-order valence-corrected chi connectivity index (χ2v) is 11.5. The van der Waals surface area contributed by atoms with Gasteiger partial charge in [-0.15, -0.1) is 0 Å². The first-order chi connectivity index (χ1) is 19.5. The fraction of sp³-hybridized carbons (Fsp3) is 0.133. The van der Waals surface area contributed by atoms with E-state index in [0.717, 1.165) is 34.3 Å². The van der Waals surface area contributed by atoms with Crippen LogP contribution in [-0.4, -0.2) is 30.0 Å². The van der Waals surface area contributed by atoms with Crippen LogP contribution in [0.3, 0.4) is 0 Å². The number of rotatable bonds is 8. The minimum Gasteiger partial charge on any atom is -0.519 e. The van der Waals surface area contributed by atoms with Gasteiger partial charge in [0, 0.05) is 52.4 Å². The molecular formula is C30H30CuN6S4. The molecule has 6 nitrogen and oxygen atoms in total. The number of hydrogen-bond acceptors (Lipinski definition) is 6. The van der Waals surface area contributed by atoms with E-state index in [1.807, 2.05) is 86.6 Å². The van der Waals surface area contributed by atoms with E-state index in [1.54, 1.807) is 35.9 Å². The number of thioether (sulfide) groups is 2. The van der Waals surface area contributed by atoms with Crippen molar-refractivity contribution in [1.29, 1.82) is 0 Å². The molecule has 0 fully saturated rings.